The Labute approximate surface area is 130 Å². The summed E-state index contributed by atoms with van der Waals surface area (Å²) < 4.78 is 26.8. The molecule has 1 atom stereocenters. The van der Waals surface area contributed by atoms with Gasteiger partial charge in [-0.15, -0.1) is 11.6 Å². The number of nitrogens with one attached hydrogen (secondary N) is 2. The first kappa shape index (κ1) is 16.3. The minimum atomic E-state index is -3.70. The van der Waals surface area contributed by atoms with E-state index in [0.717, 1.165) is 18.4 Å². The molecule has 0 spiro atoms. The molecule has 1 unspecified atom stereocenters. The molecule has 0 saturated heterocycles. The molecule has 2 N–H and O–H groups in total. The van der Waals surface area contributed by atoms with Gasteiger partial charge in [0.05, 0.1) is 10.9 Å². The molecule has 1 saturated carbocycles. The highest BCUT2D eigenvalue weighted by atomic mass is 35.5. The van der Waals surface area contributed by atoms with Gasteiger partial charge in [-0.3, -0.25) is 4.79 Å². The van der Waals surface area contributed by atoms with E-state index in [1.54, 1.807) is 12.1 Å². The van der Waals surface area contributed by atoms with E-state index in [4.69, 9.17) is 11.6 Å². The lowest BCUT2D eigenvalue weighted by Gasteiger charge is -2.14. The Morgan fingerprint density at radius 2 is 1.95 bits per heavy atom. The van der Waals surface area contributed by atoms with Gasteiger partial charge in [-0.05, 0) is 43.9 Å². The monoisotopic (exact) mass is 330 g/mol. The zero-order valence-corrected chi connectivity index (χ0v) is 13.4. The van der Waals surface area contributed by atoms with Crippen LogP contribution in [-0.4, -0.2) is 32.3 Å². The highest BCUT2D eigenvalue weighted by Gasteiger charge is 2.28. The smallest absolute Gasteiger partial charge is 0.241 e. The number of aryl methyl sites for hydroxylation is 1. The molecule has 0 radical (unpaired) electrons. The topological polar surface area (TPSA) is 75.3 Å². The first-order chi connectivity index (χ1) is 9.92. The summed E-state index contributed by atoms with van der Waals surface area (Å²) in [7, 11) is -3.70. The molecule has 5 nitrogen and oxygen atoms in total. The number of hydrogen-bond acceptors (Lipinski definition) is 3. The third kappa shape index (κ3) is 4.69. The van der Waals surface area contributed by atoms with E-state index in [9.17, 15) is 13.2 Å². The summed E-state index contributed by atoms with van der Waals surface area (Å²) in [5.41, 5.74) is 0.975. The average molecular weight is 331 g/mol. The molecule has 1 aromatic carbocycles. The van der Waals surface area contributed by atoms with Crippen LogP contribution in [0, 0.1) is 0 Å². The normalized spacial score (nSPS) is 16.5. The highest BCUT2D eigenvalue weighted by molar-refractivity contribution is 7.89. The second-order valence-corrected chi connectivity index (χ2v) is 7.30. The van der Waals surface area contributed by atoms with Crippen LogP contribution in [0.4, 0.5) is 0 Å². The lowest BCUT2D eigenvalue weighted by atomic mass is 10.2. The van der Waals surface area contributed by atoms with Gasteiger partial charge in [0.25, 0.3) is 0 Å². The summed E-state index contributed by atoms with van der Waals surface area (Å²) >= 11 is 5.64. The molecule has 1 aromatic rings. The van der Waals surface area contributed by atoms with Gasteiger partial charge in [-0.2, -0.15) is 4.72 Å². The fraction of sp³-hybridized carbons (Fsp3) is 0.500. The van der Waals surface area contributed by atoms with E-state index in [1.807, 2.05) is 0 Å². The van der Waals surface area contributed by atoms with E-state index < -0.39 is 16.1 Å². The van der Waals surface area contributed by atoms with Crippen molar-refractivity contribution in [2.45, 2.75) is 43.2 Å². The van der Waals surface area contributed by atoms with Crippen molar-refractivity contribution in [1.29, 1.82) is 0 Å². The Kier molecular flexibility index (Phi) is 5.24. The summed E-state index contributed by atoms with van der Waals surface area (Å²) in [5, 5.41) is 2.77. The number of carbonyl (C=O) groups excluding carboxylic acids is 1. The van der Waals surface area contributed by atoms with Crippen LogP contribution in [0.3, 0.4) is 0 Å². The van der Waals surface area contributed by atoms with Crippen LogP contribution in [0.5, 0.6) is 0 Å². The summed E-state index contributed by atoms with van der Waals surface area (Å²) in [4.78, 5) is 11.9. The third-order valence-electron chi connectivity index (χ3n) is 3.27. The first-order valence-electron chi connectivity index (χ1n) is 6.90. The van der Waals surface area contributed by atoms with E-state index in [0.29, 0.717) is 12.3 Å². The molecule has 116 valence electrons. The van der Waals surface area contributed by atoms with Crippen molar-refractivity contribution in [3.63, 3.8) is 0 Å². The van der Waals surface area contributed by atoms with E-state index in [1.165, 1.54) is 19.1 Å². The minimum absolute atomic E-state index is 0.145. The van der Waals surface area contributed by atoms with Gasteiger partial charge in [0, 0.05) is 11.9 Å². The van der Waals surface area contributed by atoms with E-state index in [2.05, 4.69) is 10.0 Å². The zero-order valence-electron chi connectivity index (χ0n) is 11.8. The predicted molar refractivity (Wildman–Crippen MR) is 81.8 cm³/mol. The van der Waals surface area contributed by atoms with Crippen molar-refractivity contribution in [3.05, 3.63) is 29.8 Å². The molecule has 2 rings (SSSR count). The molecule has 1 amide bonds. The van der Waals surface area contributed by atoms with Crippen molar-refractivity contribution in [3.8, 4) is 0 Å². The number of sulfonamides is 1. The van der Waals surface area contributed by atoms with Gasteiger partial charge in [-0.25, -0.2) is 8.42 Å². The number of amides is 1. The number of benzene rings is 1. The Balaban J connectivity index is 2.00. The molecule has 1 fully saturated rings. The van der Waals surface area contributed by atoms with Gasteiger partial charge in [0.2, 0.25) is 15.9 Å². The number of rotatable bonds is 7. The van der Waals surface area contributed by atoms with Crippen molar-refractivity contribution in [1.82, 2.24) is 10.0 Å². The van der Waals surface area contributed by atoms with Crippen LogP contribution >= 0.6 is 11.6 Å². The molecule has 0 bridgehead atoms. The zero-order chi connectivity index (χ0) is 15.5. The van der Waals surface area contributed by atoms with Crippen LogP contribution < -0.4 is 10.0 Å². The summed E-state index contributed by atoms with van der Waals surface area (Å²) in [6.45, 7) is 1.54. The molecular formula is C14H19ClN2O3S. The van der Waals surface area contributed by atoms with Crippen LogP contribution in [0.1, 0.15) is 25.3 Å². The molecule has 7 heteroatoms. The van der Waals surface area contributed by atoms with E-state index >= 15 is 0 Å². The Morgan fingerprint density at radius 3 is 2.48 bits per heavy atom. The molecule has 1 aliphatic rings. The van der Waals surface area contributed by atoms with E-state index in [-0.39, 0.29) is 16.8 Å². The second-order valence-electron chi connectivity index (χ2n) is 5.21. The van der Waals surface area contributed by atoms with Gasteiger partial charge in [0.1, 0.15) is 0 Å². The van der Waals surface area contributed by atoms with Crippen LogP contribution in [0.2, 0.25) is 0 Å². The molecular weight excluding hydrogens is 312 g/mol. The summed E-state index contributed by atoms with van der Waals surface area (Å²) in [5.74, 6) is 0.197. The Hall–Kier alpha value is -1.11. The maximum Gasteiger partial charge on any atom is 0.241 e. The van der Waals surface area contributed by atoms with Crippen molar-refractivity contribution in [2.75, 3.05) is 5.88 Å². The Bertz CT molecular complexity index is 597. The number of halogens is 1. The standard InChI is InChI=1S/C14H19ClN2O3S/c1-10(14(18)16-12-4-5-12)17-21(19,20)13-6-2-11(3-7-13)8-9-15/h2-3,6-7,10,12,17H,4-5,8-9H2,1H3,(H,16,18). The maximum atomic E-state index is 12.2. The SMILES string of the molecule is CC(NS(=O)(=O)c1ccc(CCCl)cc1)C(=O)NC1CC1. The quantitative estimate of drug-likeness (QED) is 0.742. The minimum Gasteiger partial charge on any atom is -0.352 e. The van der Waals surface area contributed by atoms with Gasteiger partial charge in [0.15, 0.2) is 0 Å². The van der Waals surface area contributed by atoms with Crippen LogP contribution in [-0.2, 0) is 21.2 Å². The maximum absolute atomic E-state index is 12.2. The summed E-state index contributed by atoms with van der Waals surface area (Å²) in [6, 6.07) is 5.92. The second kappa shape index (κ2) is 6.77. The molecule has 0 aromatic heterocycles. The lowest BCUT2D eigenvalue weighted by Crippen LogP contribution is -2.45. The largest absolute Gasteiger partial charge is 0.352 e. The van der Waals surface area contributed by atoms with Crippen molar-refractivity contribution in [2.24, 2.45) is 0 Å². The third-order valence-corrected chi connectivity index (χ3v) is 5.01. The average Bonchev–Trinajstić information content (AvgIpc) is 3.23. The number of alkyl halides is 1. The fourth-order valence-electron chi connectivity index (χ4n) is 1.85. The number of hydrogen-bond donors (Lipinski definition) is 2. The molecule has 21 heavy (non-hydrogen) atoms. The molecule has 0 aliphatic heterocycles. The predicted octanol–water partition coefficient (Wildman–Crippen LogP) is 1.41. The molecule has 1 aliphatic carbocycles. The fourth-order valence-corrected chi connectivity index (χ4v) is 3.27. The van der Waals surface area contributed by atoms with Gasteiger partial charge < -0.3 is 5.32 Å². The van der Waals surface area contributed by atoms with Crippen LogP contribution in [0.15, 0.2) is 29.2 Å². The Morgan fingerprint density at radius 1 is 1.33 bits per heavy atom. The molecule has 0 heterocycles. The van der Waals surface area contributed by atoms with Crippen molar-refractivity contribution < 1.29 is 13.2 Å². The first-order valence-corrected chi connectivity index (χ1v) is 8.92. The van der Waals surface area contributed by atoms with Crippen molar-refractivity contribution >= 4 is 27.5 Å². The lowest BCUT2D eigenvalue weighted by molar-refractivity contribution is -0.122. The van der Waals surface area contributed by atoms with Gasteiger partial charge >= 0.3 is 0 Å². The van der Waals surface area contributed by atoms with Crippen LogP contribution in [0.25, 0.3) is 0 Å². The van der Waals surface area contributed by atoms with Gasteiger partial charge in [-0.1, -0.05) is 12.1 Å². The number of carbonyl (C=O) groups is 1. The summed E-state index contributed by atoms with van der Waals surface area (Å²) in [6.07, 6.45) is 2.62. The highest BCUT2D eigenvalue weighted by Crippen LogP contribution is 2.19.